The Labute approximate surface area is 108 Å². The van der Waals surface area contributed by atoms with Crippen LogP contribution >= 0.6 is 0 Å². The third-order valence-corrected chi connectivity index (χ3v) is 2.71. The minimum absolute atomic E-state index is 0.648. The summed E-state index contributed by atoms with van der Waals surface area (Å²) in [4.78, 5) is 0. The van der Waals surface area contributed by atoms with E-state index >= 15 is 0 Å². The lowest BCUT2D eigenvalue weighted by Crippen LogP contribution is -2.00. The van der Waals surface area contributed by atoms with Crippen LogP contribution in [0, 0.1) is 0 Å². The molecule has 3 heteroatoms. The number of anilines is 2. The van der Waals surface area contributed by atoms with Gasteiger partial charge in [-0.3, -0.25) is 0 Å². The molecule has 2 rings (SSSR count). The van der Waals surface area contributed by atoms with Gasteiger partial charge >= 0.3 is 0 Å². The second-order valence-corrected chi connectivity index (χ2v) is 4.23. The highest BCUT2D eigenvalue weighted by atomic mass is 16.5. The first-order valence-electron chi connectivity index (χ1n) is 5.94. The quantitative estimate of drug-likeness (QED) is 0.792. The molecule has 2 aromatic rings. The van der Waals surface area contributed by atoms with Crippen LogP contribution in [0.15, 0.2) is 48.5 Å². The van der Waals surface area contributed by atoms with Gasteiger partial charge in [0, 0.05) is 25.0 Å². The molecule has 0 aromatic heterocycles. The van der Waals surface area contributed by atoms with Crippen molar-refractivity contribution in [2.45, 2.75) is 13.2 Å². The van der Waals surface area contributed by atoms with Gasteiger partial charge < -0.3 is 15.8 Å². The Kier molecular flexibility index (Phi) is 4.20. The molecule has 0 radical (unpaired) electrons. The second-order valence-electron chi connectivity index (χ2n) is 4.23. The van der Waals surface area contributed by atoms with Crippen molar-refractivity contribution in [2.24, 2.45) is 0 Å². The molecular formula is C15H18N2O. The summed E-state index contributed by atoms with van der Waals surface area (Å²) in [5.74, 6) is 0. The van der Waals surface area contributed by atoms with Gasteiger partial charge in [0.25, 0.3) is 0 Å². The molecular weight excluding hydrogens is 224 g/mol. The number of rotatable bonds is 5. The molecule has 0 heterocycles. The summed E-state index contributed by atoms with van der Waals surface area (Å²) in [6, 6.07) is 16.1. The number of nitrogens with one attached hydrogen (secondary N) is 1. The normalized spacial score (nSPS) is 10.3. The molecule has 0 aliphatic heterocycles. The van der Waals surface area contributed by atoms with E-state index in [4.69, 9.17) is 10.5 Å². The van der Waals surface area contributed by atoms with E-state index in [1.165, 1.54) is 11.1 Å². The lowest BCUT2D eigenvalue weighted by Gasteiger charge is -2.08. The van der Waals surface area contributed by atoms with Gasteiger partial charge in [-0.1, -0.05) is 24.3 Å². The van der Waals surface area contributed by atoms with E-state index in [0.29, 0.717) is 6.61 Å². The molecule has 0 saturated heterocycles. The lowest BCUT2D eigenvalue weighted by atomic mass is 10.2. The predicted octanol–water partition coefficient (Wildman–Crippen LogP) is 3.03. The van der Waals surface area contributed by atoms with Gasteiger partial charge in [-0.25, -0.2) is 0 Å². The van der Waals surface area contributed by atoms with Crippen LogP contribution in [0.25, 0.3) is 0 Å². The van der Waals surface area contributed by atoms with Crippen molar-refractivity contribution in [1.29, 1.82) is 0 Å². The molecule has 18 heavy (non-hydrogen) atoms. The fourth-order valence-corrected chi connectivity index (χ4v) is 1.79. The van der Waals surface area contributed by atoms with Gasteiger partial charge in [0.05, 0.1) is 6.61 Å². The molecule has 0 aliphatic carbocycles. The Bertz CT molecular complexity index is 494. The molecule has 0 saturated carbocycles. The number of hydrogen-bond donors (Lipinski definition) is 2. The summed E-state index contributed by atoms with van der Waals surface area (Å²) in [7, 11) is 1.70. The monoisotopic (exact) mass is 242 g/mol. The molecule has 0 aliphatic rings. The Balaban J connectivity index is 1.93. The van der Waals surface area contributed by atoms with Crippen LogP contribution in [0.4, 0.5) is 11.4 Å². The molecule has 0 bridgehead atoms. The van der Waals surface area contributed by atoms with E-state index < -0.39 is 0 Å². The van der Waals surface area contributed by atoms with Crippen LogP contribution in [0.2, 0.25) is 0 Å². The van der Waals surface area contributed by atoms with Gasteiger partial charge in [-0.2, -0.15) is 0 Å². The molecule has 94 valence electrons. The third kappa shape index (κ3) is 3.50. The van der Waals surface area contributed by atoms with Crippen LogP contribution in [-0.4, -0.2) is 7.11 Å². The minimum Gasteiger partial charge on any atom is -0.399 e. The number of methoxy groups -OCH3 is 1. The summed E-state index contributed by atoms with van der Waals surface area (Å²) < 4.78 is 5.08. The van der Waals surface area contributed by atoms with Crippen LogP contribution in [0.1, 0.15) is 11.1 Å². The van der Waals surface area contributed by atoms with Crippen molar-refractivity contribution in [1.82, 2.24) is 0 Å². The maximum atomic E-state index is 5.74. The van der Waals surface area contributed by atoms with Crippen molar-refractivity contribution in [3.63, 3.8) is 0 Å². The fourth-order valence-electron chi connectivity index (χ4n) is 1.79. The van der Waals surface area contributed by atoms with Crippen LogP contribution in [0.5, 0.6) is 0 Å². The van der Waals surface area contributed by atoms with Gasteiger partial charge in [-0.15, -0.1) is 0 Å². The molecule has 0 spiro atoms. The van der Waals surface area contributed by atoms with Crippen molar-refractivity contribution in [3.8, 4) is 0 Å². The molecule has 3 N–H and O–H groups in total. The average molecular weight is 242 g/mol. The highest BCUT2D eigenvalue weighted by molar-refractivity contribution is 5.46. The van der Waals surface area contributed by atoms with Gasteiger partial charge in [0.15, 0.2) is 0 Å². The summed E-state index contributed by atoms with van der Waals surface area (Å²) >= 11 is 0. The van der Waals surface area contributed by atoms with E-state index in [9.17, 15) is 0 Å². The zero-order chi connectivity index (χ0) is 12.8. The smallest absolute Gasteiger partial charge is 0.0713 e. The first-order chi connectivity index (χ1) is 8.78. The Morgan fingerprint density at radius 3 is 2.50 bits per heavy atom. The number of hydrogen-bond acceptors (Lipinski definition) is 3. The van der Waals surface area contributed by atoms with E-state index in [2.05, 4.69) is 35.6 Å². The van der Waals surface area contributed by atoms with E-state index in [1.54, 1.807) is 7.11 Å². The van der Waals surface area contributed by atoms with E-state index in [0.717, 1.165) is 17.9 Å². The molecule has 3 nitrogen and oxygen atoms in total. The topological polar surface area (TPSA) is 47.3 Å². The summed E-state index contributed by atoms with van der Waals surface area (Å²) in [5.41, 5.74) is 9.98. The van der Waals surface area contributed by atoms with Crippen molar-refractivity contribution < 1.29 is 4.74 Å². The summed E-state index contributed by atoms with van der Waals surface area (Å²) in [6.45, 7) is 1.42. The predicted molar refractivity (Wildman–Crippen MR) is 75.3 cm³/mol. The summed E-state index contributed by atoms with van der Waals surface area (Å²) in [6.07, 6.45) is 0. The third-order valence-electron chi connectivity index (χ3n) is 2.71. The van der Waals surface area contributed by atoms with Crippen molar-refractivity contribution >= 4 is 11.4 Å². The first kappa shape index (κ1) is 12.5. The highest BCUT2D eigenvalue weighted by Crippen LogP contribution is 2.13. The minimum atomic E-state index is 0.648. The Morgan fingerprint density at radius 2 is 1.83 bits per heavy atom. The van der Waals surface area contributed by atoms with Crippen molar-refractivity contribution in [2.75, 3.05) is 18.2 Å². The maximum absolute atomic E-state index is 5.74. The molecule has 0 unspecified atom stereocenters. The SMILES string of the molecule is COCc1ccc(NCc2cccc(N)c2)cc1. The zero-order valence-electron chi connectivity index (χ0n) is 10.5. The molecule has 0 amide bonds. The highest BCUT2D eigenvalue weighted by Gasteiger charge is 1.96. The molecule has 0 atom stereocenters. The van der Waals surface area contributed by atoms with Crippen LogP contribution in [-0.2, 0) is 17.9 Å². The Morgan fingerprint density at radius 1 is 1.06 bits per heavy atom. The van der Waals surface area contributed by atoms with E-state index in [1.807, 2.05) is 18.2 Å². The zero-order valence-corrected chi connectivity index (χ0v) is 10.5. The fraction of sp³-hybridized carbons (Fsp3) is 0.200. The van der Waals surface area contributed by atoms with Gasteiger partial charge in [0.2, 0.25) is 0 Å². The van der Waals surface area contributed by atoms with Gasteiger partial charge in [-0.05, 0) is 35.4 Å². The van der Waals surface area contributed by atoms with Crippen LogP contribution < -0.4 is 11.1 Å². The number of ether oxygens (including phenoxy) is 1. The standard InChI is InChI=1S/C15H18N2O/c1-18-11-12-5-7-15(8-6-12)17-10-13-3-2-4-14(16)9-13/h2-9,17H,10-11,16H2,1H3. The first-order valence-corrected chi connectivity index (χ1v) is 5.94. The number of nitrogen functional groups attached to an aromatic ring is 1. The van der Waals surface area contributed by atoms with Gasteiger partial charge in [0.1, 0.15) is 0 Å². The number of nitrogens with two attached hydrogens (primary N) is 1. The lowest BCUT2D eigenvalue weighted by molar-refractivity contribution is 0.185. The van der Waals surface area contributed by atoms with E-state index in [-0.39, 0.29) is 0 Å². The van der Waals surface area contributed by atoms with Crippen LogP contribution in [0.3, 0.4) is 0 Å². The molecule has 2 aromatic carbocycles. The maximum Gasteiger partial charge on any atom is 0.0713 e. The average Bonchev–Trinajstić information content (AvgIpc) is 2.38. The second kappa shape index (κ2) is 6.07. The Hall–Kier alpha value is -2.00. The largest absolute Gasteiger partial charge is 0.399 e. The number of benzene rings is 2. The summed E-state index contributed by atoms with van der Waals surface area (Å²) in [5, 5.41) is 3.36. The molecule has 0 fully saturated rings. The van der Waals surface area contributed by atoms with Crippen molar-refractivity contribution in [3.05, 3.63) is 59.7 Å².